The molecule has 0 aliphatic carbocycles. The first-order chi connectivity index (χ1) is 9.99. The largest absolute Gasteiger partial charge is 0.409 e. The van der Waals surface area contributed by atoms with E-state index in [1.54, 1.807) is 0 Å². The average molecular weight is 345 g/mol. The van der Waals surface area contributed by atoms with E-state index < -0.39 is 17.1 Å². The first kappa shape index (κ1) is 21.8. The SMILES string of the molecule is C=C[Si](C)(OCCC)O[Si](C)(C=C)OCC(C)CC(C)(C)C. The van der Waals surface area contributed by atoms with E-state index in [9.17, 15) is 0 Å². The van der Waals surface area contributed by atoms with Crippen LogP contribution in [0, 0.1) is 11.3 Å². The summed E-state index contributed by atoms with van der Waals surface area (Å²) in [7, 11) is -4.83. The van der Waals surface area contributed by atoms with Crippen molar-refractivity contribution >= 4 is 17.1 Å². The molecule has 0 aromatic carbocycles. The molecule has 0 heterocycles. The molecule has 3 nitrogen and oxygen atoms in total. The zero-order chi connectivity index (χ0) is 17.4. The molecule has 5 heteroatoms. The topological polar surface area (TPSA) is 27.7 Å². The second kappa shape index (κ2) is 9.18. The fraction of sp³-hybridized carbons (Fsp3) is 0.765. The molecule has 3 unspecified atom stereocenters. The first-order valence-electron chi connectivity index (χ1n) is 8.24. The summed E-state index contributed by atoms with van der Waals surface area (Å²) in [6.07, 6.45) is 2.09. The monoisotopic (exact) mass is 344 g/mol. The standard InChI is InChI=1S/C17H36O3Si2/c1-10-13-18-21(8,11-2)20-22(9,12-3)19-15-16(4)14-17(5,6)7/h11-12,16H,2-3,10,13-15H2,1,4-9H3. The zero-order valence-corrected chi connectivity index (χ0v) is 17.7. The van der Waals surface area contributed by atoms with Gasteiger partial charge in [0, 0.05) is 13.2 Å². The molecule has 0 saturated heterocycles. The molecule has 0 aromatic heterocycles. The van der Waals surface area contributed by atoms with Crippen LogP contribution in [-0.2, 0) is 13.0 Å². The normalized spacial score (nSPS) is 19.0. The van der Waals surface area contributed by atoms with Crippen molar-refractivity contribution < 1.29 is 13.0 Å². The zero-order valence-electron chi connectivity index (χ0n) is 15.7. The van der Waals surface area contributed by atoms with E-state index >= 15 is 0 Å². The summed E-state index contributed by atoms with van der Waals surface area (Å²) >= 11 is 0. The van der Waals surface area contributed by atoms with Gasteiger partial charge in [-0.2, -0.15) is 0 Å². The predicted molar refractivity (Wildman–Crippen MR) is 100 cm³/mol. The first-order valence-corrected chi connectivity index (χ1v) is 13.0. The molecule has 0 aromatic rings. The molecule has 0 N–H and O–H groups in total. The molecule has 0 aliphatic rings. The molecule has 0 rings (SSSR count). The summed E-state index contributed by atoms with van der Waals surface area (Å²) in [5, 5.41) is 0. The van der Waals surface area contributed by atoms with Gasteiger partial charge in [0.1, 0.15) is 0 Å². The molecule has 0 bridgehead atoms. The van der Waals surface area contributed by atoms with Crippen LogP contribution in [0.1, 0.15) is 47.5 Å². The number of hydrogen-bond donors (Lipinski definition) is 0. The maximum absolute atomic E-state index is 6.30. The van der Waals surface area contributed by atoms with Crippen LogP contribution in [0.15, 0.2) is 24.6 Å². The summed E-state index contributed by atoms with van der Waals surface area (Å²) in [5.74, 6) is 0.489. The highest BCUT2D eigenvalue weighted by atomic mass is 28.5. The van der Waals surface area contributed by atoms with Crippen molar-refractivity contribution in [2.45, 2.75) is 60.6 Å². The summed E-state index contributed by atoms with van der Waals surface area (Å²) in [6, 6.07) is 0. The number of rotatable bonds is 11. The Kier molecular flexibility index (Phi) is 9.09. The van der Waals surface area contributed by atoms with E-state index in [0.29, 0.717) is 24.5 Å². The Morgan fingerprint density at radius 2 is 1.55 bits per heavy atom. The molecule has 0 amide bonds. The smallest absolute Gasteiger partial charge is 0.352 e. The lowest BCUT2D eigenvalue weighted by Crippen LogP contribution is -2.51. The molecule has 0 fully saturated rings. The minimum Gasteiger partial charge on any atom is -0.409 e. The Hall–Kier alpha value is -0.206. The van der Waals surface area contributed by atoms with Crippen LogP contribution >= 0.6 is 0 Å². The van der Waals surface area contributed by atoms with E-state index in [2.05, 4.69) is 47.8 Å². The average Bonchev–Trinajstić information content (AvgIpc) is 2.41. The minimum absolute atomic E-state index is 0.310. The van der Waals surface area contributed by atoms with E-state index in [1.807, 2.05) is 24.5 Å². The molecule has 130 valence electrons. The molecular weight excluding hydrogens is 308 g/mol. The van der Waals surface area contributed by atoms with Crippen molar-refractivity contribution in [2.24, 2.45) is 11.3 Å². The van der Waals surface area contributed by atoms with Crippen LogP contribution in [0.25, 0.3) is 0 Å². The number of hydrogen-bond acceptors (Lipinski definition) is 3. The third-order valence-corrected chi connectivity index (χ3v) is 9.60. The molecule has 22 heavy (non-hydrogen) atoms. The molecular formula is C17H36O3Si2. The van der Waals surface area contributed by atoms with Crippen molar-refractivity contribution in [3.63, 3.8) is 0 Å². The van der Waals surface area contributed by atoms with Gasteiger partial charge >= 0.3 is 17.1 Å². The minimum atomic E-state index is -2.44. The van der Waals surface area contributed by atoms with Crippen molar-refractivity contribution in [1.29, 1.82) is 0 Å². The van der Waals surface area contributed by atoms with Gasteiger partial charge in [0.15, 0.2) is 0 Å². The molecule has 0 saturated carbocycles. The highest BCUT2D eigenvalue weighted by Crippen LogP contribution is 2.26. The Balaban J connectivity index is 4.69. The summed E-state index contributed by atoms with van der Waals surface area (Å²) in [4.78, 5) is 0. The van der Waals surface area contributed by atoms with Crippen LogP contribution in [0.5, 0.6) is 0 Å². The molecule has 0 spiro atoms. The van der Waals surface area contributed by atoms with Crippen LogP contribution < -0.4 is 0 Å². The Morgan fingerprint density at radius 1 is 1.05 bits per heavy atom. The van der Waals surface area contributed by atoms with Gasteiger partial charge in [0.25, 0.3) is 0 Å². The van der Waals surface area contributed by atoms with Gasteiger partial charge in [-0.3, -0.25) is 0 Å². The second-order valence-corrected chi connectivity index (χ2v) is 13.8. The predicted octanol–water partition coefficient (Wildman–Crippen LogP) is 5.11. The maximum Gasteiger partial charge on any atom is 0.352 e. The van der Waals surface area contributed by atoms with E-state index in [-0.39, 0.29) is 0 Å². The third kappa shape index (κ3) is 9.05. The quantitative estimate of drug-likeness (QED) is 0.487. The fourth-order valence-electron chi connectivity index (χ4n) is 2.38. The summed E-state index contributed by atoms with van der Waals surface area (Å²) < 4.78 is 18.4. The second-order valence-electron chi connectivity index (χ2n) is 7.57. The van der Waals surface area contributed by atoms with Crippen molar-refractivity contribution in [1.82, 2.24) is 0 Å². The molecule has 0 aliphatic heterocycles. The van der Waals surface area contributed by atoms with Gasteiger partial charge in [-0.25, -0.2) is 0 Å². The molecule has 0 radical (unpaired) electrons. The highest BCUT2D eigenvalue weighted by Gasteiger charge is 2.40. The van der Waals surface area contributed by atoms with Gasteiger partial charge in [0.2, 0.25) is 0 Å². The van der Waals surface area contributed by atoms with Crippen LogP contribution in [0.3, 0.4) is 0 Å². The van der Waals surface area contributed by atoms with Gasteiger partial charge in [-0.05, 0) is 37.3 Å². The lowest BCUT2D eigenvalue weighted by Gasteiger charge is -2.34. The lowest BCUT2D eigenvalue weighted by atomic mass is 9.86. The Labute approximate surface area is 140 Å². The maximum atomic E-state index is 6.30. The van der Waals surface area contributed by atoms with E-state index in [4.69, 9.17) is 13.0 Å². The van der Waals surface area contributed by atoms with Crippen LogP contribution in [0.2, 0.25) is 13.1 Å². The summed E-state index contributed by atoms with van der Waals surface area (Å²) in [5.41, 5.74) is 3.99. The Bertz CT molecular complexity index is 354. The summed E-state index contributed by atoms with van der Waals surface area (Å²) in [6.45, 7) is 24.3. The lowest BCUT2D eigenvalue weighted by molar-refractivity contribution is 0.162. The van der Waals surface area contributed by atoms with Crippen LogP contribution in [-0.4, -0.2) is 30.3 Å². The van der Waals surface area contributed by atoms with E-state index in [0.717, 1.165) is 12.8 Å². The van der Waals surface area contributed by atoms with Crippen molar-refractivity contribution in [3.05, 3.63) is 24.6 Å². The van der Waals surface area contributed by atoms with Crippen molar-refractivity contribution in [3.8, 4) is 0 Å². The van der Waals surface area contributed by atoms with E-state index in [1.165, 1.54) is 0 Å². The Morgan fingerprint density at radius 3 is 1.95 bits per heavy atom. The van der Waals surface area contributed by atoms with Crippen LogP contribution in [0.4, 0.5) is 0 Å². The van der Waals surface area contributed by atoms with Crippen molar-refractivity contribution in [2.75, 3.05) is 13.2 Å². The highest BCUT2D eigenvalue weighted by molar-refractivity contribution is 6.84. The van der Waals surface area contributed by atoms with Gasteiger partial charge in [-0.1, -0.05) is 46.0 Å². The third-order valence-electron chi connectivity index (χ3n) is 3.35. The van der Waals surface area contributed by atoms with Gasteiger partial charge < -0.3 is 13.0 Å². The fourth-order valence-corrected chi connectivity index (χ4v) is 8.20. The molecule has 3 atom stereocenters. The van der Waals surface area contributed by atoms with Gasteiger partial charge in [0.05, 0.1) is 0 Å². The van der Waals surface area contributed by atoms with Gasteiger partial charge in [-0.15, -0.1) is 13.2 Å².